The van der Waals surface area contributed by atoms with Crippen molar-refractivity contribution in [3.8, 4) is 0 Å². The van der Waals surface area contributed by atoms with Crippen LogP contribution >= 0.6 is 11.6 Å². The van der Waals surface area contributed by atoms with Crippen molar-refractivity contribution >= 4 is 34.3 Å². The molecule has 1 amide bonds. The van der Waals surface area contributed by atoms with E-state index in [1.54, 1.807) is 31.3 Å². The van der Waals surface area contributed by atoms with Gasteiger partial charge in [0.2, 0.25) is 5.91 Å². The second-order valence-electron chi connectivity index (χ2n) is 5.78. The number of anilines is 1. The van der Waals surface area contributed by atoms with Gasteiger partial charge in [-0.2, -0.15) is 0 Å². The first kappa shape index (κ1) is 15.0. The number of oxazole rings is 1. The molecule has 0 radical (unpaired) electrons. The highest BCUT2D eigenvalue weighted by Crippen LogP contribution is 2.40. The van der Waals surface area contributed by atoms with Gasteiger partial charge in [-0.15, -0.1) is 0 Å². The number of halogens is 2. The molecule has 1 atom stereocenters. The average molecular weight is 347 g/mol. The maximum Gasteiger partial charge on any atom is 0.419 e. The summed E-state index contributed by atoms with van der Waals surface area (Å²) in [6.07, 6.45) is 0.0988. The fourth-order valence-corrected chi connectivity index (χ4v) is 3.33. The maximum absolute atomic E-state index is 14.5. The normalized spacial score (nSPS) is 17.0. The SMILES string of the molecule is Cn1c(=O)oc2cc3c(cc21)C(c1cccc(Cl)c1F)CC(=O)N3. The van der Waals surface area contributed by atoms with E-state index in [0.29, 0.717) is 22.4 Å². The number of aromatic nitrogens is 1. The highest BCUT2D eigenvalue weighted by Gasteiger charge is 2.30. The summed E-state index contributed by atoms with van der Waals surface area (Å²) in [5.41, 5.74) is 2.54. The van der Waals surface area contributed by atoms with Gasteiger partial charge in [-0.3, -0.25) is 9.36 Å². The van der Waals surface area contributed by atoms with Gasteiger partial charge >= 0.3 is 5.76 Å². The Kier molecular flexibility index (Phi) is 3.25. The van der Waals surface area contributed by atoms with Crippen LogP contribution in [0.25, 0.3) is 11.1 Å². The van der Waals surface area contributed by atoms with Gasteiger partial charge in [-0.1, -0.05) is 23.7 Å². The third-order valence-corrected chi connectivity index (χ3v) is 4.65. The van der Waals surface area contributed by atoms with E-state index in [0.717, 1.165) is 5.56 Å². The number of hydrogen-bond donors (Lipinski definition) is 1. The largest absolute Gasteiger partial charge is 0.419 e. The van der Waals surface area contributed by atoms with Gasteiger partial charge in [-0.05, 0) is 23.3 Å². The molecule has 0 saturated heterocycles. The summed E-state index contributed by atoms with van der Waals surface area (Å²) in [5, 5.41) is 2.76. The van der Waals surface area contributed by atoms with E-state index in [2.05, 4.69) is 5.32 Å². The van der Waals surface area contributed by atoms with Gasteiger partial charge in [0.1, 0.15) is 5.82 Å². The average Bonchev–Trinajstić information content (AvgIpc) is 2.82. The summed E-state index contributed by atoms with van der Waals surface area (Å²) < 4.78 is 21.0. The van der Waals surface area contributed by atoms with Gasteiger partial charge in [-0.25, -0.2) is 9.18 Å². The lowest BCUT2D eigenvalue weighted by atomic mass is 9.84. The van der Waals surface area contributed by atoms with Crippen molar-refractivity contribution in [1.82, 2.24) is 4.57 Å². The summed E-state index contributed by atoms with van der Waals surface area (Å²) >= 11 is 5.88. The summed E-state index contributed by atoms with van der Waals surface area (Å²) in [6, 6.07) is 8.08. The molecule has 7 heteroatoms. The summed E-state index contributed by atoms with van der Waals surface area (Å²) in [6.45, 7) is 0. The lowest BCUT2D eigenvalue weighted by molar-refractivity contribution is -0.116. The van der Waals surface area contributed by atoms with Gasteiger partial charge < -0.3 is 9.73 Å². The first-order valence-electron chi connectivity index (χ1n) is 7.33. The molecule has 0 aliphatic carbocycles. The molecular weight excluding hydrogens is 335 g/mol. The van der Waals surface area contributed by atoms with E-state index in [-0.39, 0.29) is 17.4 Å². The molecule has 4 rings (SSSR count). The molecule has 0 bridgehead atoms. The van der Waals surface area contributed by atoms with Crippen molar-refractivity contribution in [3.05, 3.63) is 62.8 Å². The molecular formula is C17H12ClFN2O3. The molecule has 0 spiro atoms. The summed E-state index contributed by atoms with van der Waals surface area (Å²) in [4.78, 5) is 23.7. The van der Waals surface area contributed by atoms with E-state index < -0.39 is 17.5 Å². The van der Waals surface area contributed by atoms with E-state index >= 15 is 0 Å². The van der Waals surface area contributed by atoms with Gasteiger partial charge in [0.15, 0.2) is 5.58 Å². The Balaban J connectivity index is 1.99. The second-order valence-corrected chi connectivity index (χ2v) is 6.19. The number of amides is 1. The van der Waals surface area contributed by atoms with Crippen LogP contribution in [0.1, 0.15) is 23.5 Å². The van der Waals surface area contributed by atoms with Crippen molar-refractivity contribution in [1.29, 1.82) is 0 Å². The molecule has 24 heavy (non-hydrogen) atoms. The number of rotatable bonds is 1. The minimum absolute atomic E-state index is 0.0109. The topological polar surface area (TPSA) is 64.2 Å². The summed E-state index contributed by atoms with van der Waals surface area (Å²) in [7, 11) is 1.59. The Morgan fingerprint density at radius 3 is 2.88 bits per heavy atom. The molecule has 1 aliphatic rings. The first-order chi connectivity index (χ1) is 11.5. The molecule has 2 aromatic carbocycles. The van der Waals surface area contributed by atoms with Crippen LogP contribution in [0.15, 0.2) is 39.5 Å². The Hall–Kier alpha value is -2.60. The fourth-order valence-electron chi connectivity index (χ4n) is 3.15. The minimum atomic E-state index is -0.536. The smallest absolute Gasteiger partial charge is 0.408 e. The minimum Gasteiger partial charge on any atom is -0.408 e. The molecule has 0 saturated carbocycles. The zero-order chi connectivity index (χ0) is 17.0. The van der Waals surface area contributed by atoms with Crippen LogP contribution in [-0.2, 0) is 11.8 Å². The molecule has 1 aliphatic heterocycles. The van der Waals surface area contributed by atoms with Gasteiger partial charge in [0.05, 0.1) is 10.5 Å². The predicted octanol–water partition coefficient (Wildman–Crippen LogP) is 3.40. The number of nitrogens with zero attached hydrogens (tertiary/aromatic N) is 1. The Labute approximate surface area is 140 Å². The van der Waals surface area contributed by atoms with E-state index in [4.69, 9.17) is 16.0 Å². The van der Waals surface area contributed by atoms with Crippen molar-refractivity contribution in [2.75, 3.05) is 5.32 Å². The third kappa shape index (κ3) is 2.14. The number of fused-ring (bicyclic) bond motifs is 2. The first-order valence-corrected chi connectivity index (χ1v) is 7.70. The number of carbonyl (C=O) groups is 1. The Bertz CT molecular complexity index is 1050. The Morgan fingerprint density at radius 1 is 1.29 bits per heavy atom. The monoisotopic (exact) mass is 346 g/mol. The lowest BCUT2D eigenvalue weighted by Gasteiger charge is -2.26. The van der Waals surface area contributed by atoms with E-state index in [1.807, 2.05) is 0 Å². The lowest BCUT2D eigenvalue weighted by Crippen LogP contribution is -2.24. The fraction of sp³-hybridized carbons (Fsp3) is 0.176. The van der Waals surface area contributed by atoms with Crippen molar-refractivity contribution in [2.45, 2.75) is 12.3 Å². The van der Waals surface area contributed by atoms with Crippen molar-refractivity contribution in [3.63, 3.8) is 0 Å². The van der Waals surface area contributed by atoms with Crippen LogP contribution in [0.2, 0.25) is 5.02 Å². The van der Waals surface area contributed by atoms with Crippen LogP contribution in [-0.4, -0.2) is 10.5 Å². The standard InChI is InChI=1S/C17H12ClFN2O3/c1-21-13-5-10-9(8-3-2-4-11(18)16(8)19)6-15(22)20-12(10)7-14(13)24-17(21)23/h2-5,7,9H,6H2,1H3,(H,20,22). The number of carbonyl (C=O) groups excluding carboxylic acids is 1. The highest BCUT2D eigenvalue weighted by atomic mass is 35.5. The van der Waals surface area contributed by atoms with Crippen LogP contribution in [0.3, 0.4) is 0 Å². The third-order valence-electron chi connectivity index (χ3n) is 4.36. The molecule has 1 aromatic heterocycles. The molecule has 3 aromatic rings. The number of aryl methyl sites for hydroxylation is 1. The van der Waals surface area contributed by atoms with Crippen LogP contribution < -0.4 is 11.1 Å². The molecule has 5 nitrogen and oxygen atoms in total. The zero-order valence-corrected chi connectivity index (χ0v) is 13.4. The second kappa shape index (κ2) is 5.21. The van der Waals surface area contributed by atoms with E-state index in [9.17, 15) is 14.0 Å². The van der Waals surface area contributed by atoms with Gasteiger partial charge in [0.25, 0.3) is 0 Å². The molecule has 1 N–H and O–H groups in total. The molecule has 1 unspecified atom stereocenters. The van der Waals surface area contributed by atoms with Crippen LogP contribution in [0, 0.1) is 5.82 Å². The number of benzene rings is 2. The highest BCUT2D eigenvalue weighted by molar-refractivity contribution is 6.30. The number of hydrogen-bond acceptors (Lipinski definition) is 3. The molecule has 0 fully saturated rings. The van der Waals surface area contributed by atoms with Crippen LogP contribution in [0.5, 0.6) is 0 Å². The van der Waals surface area contributed by atoms with Crippen molar-refractivity contribution < 1.29 is 13.6 Å². The molecule has 2 heterocycles. The number of nitrogens with one attached hydrogen (secondary N) is 1. The summed E-state index contributed by atoms with van der Waals surface area (Å²) in [5.74, 6) is -1.75. The van der Waals surface area contributed by atoms with Gasteiger partial charge in [0, 0.05) is 31.1 Å². The predicted molar refractivity (Wildman–Crippen MR) is 88.0 cm³/mol. The van der Waals surface area contributed by atoms with Crippen LogP contribution in [0.4, 0.5) is 10.1 Å². The maximum atomic E-state index is 14.5. The quantitative estimate of drug-likeness (QED) is 0.734. The molecule has 122 valence electrons. The zero-order valence-electron chi connectivity index (χ0n) is 12.6. The Morgan fingerprint density at radius 2 is 2.08 bits per heavy atom. The van der Waals surface area contributed by atoms with E-state index in [1.165, 1.54) is 10.6 Å². The van der Waals surface area contributed by atoms with Crippen molar-refractivity contribution in [2.24, 2.45) is 7.05 Å².